The van der Waals surface area contributed by atoms with Crippen LogP contribution in [0.25, 0.3) is 11.3 Å². The normalized spacial score (nSPS) is 18.8. The molecule has 5 nitrogen and oxygen atoms in total. The number of nitrogens with one attached hydrogen (secondary N) is 1. The van der Waals surface area contributed by atoms with Gasteiger partial charge in [-0.2, -0.15) is 5.10 Å². The molecule has 0 bridgehead atoms. The monoisotopic (exact) mass is 305 g/mol. The van der Waals surface area contributed by atoms with E-state index in [1.807, 2.05) is 25.1 Å². The lowest BCUT2D eigenvalue weighted by molar-refractivity contribution is -0.0126. The van der Waals surface area contributed by atoms with Crippen LogP contribution in [-0.2, 0) is 4.74 Å². The zero-order valence-corrected chi connectivity index (χ0v) is 12.4. The van der Waals surface area contributed by atoms with Crippen LogP contribution < -0.4 is 0 Å². The Labute approximate surface area is 127 Å². The number of carbonyl (C=O) groups excluding carboxylic acids is 1. The fourth-order valence-electron chi connectivity index (χ4n) is 2.41. The number of amides is 1. The van der Waals surface area contributed by atoms with E-state index in [4.69, 9.17) is 16.3 Å². The van der Waals surface area contributed by atoms with Crippen molar-refractivity contribution in [2.45, 2.75) is 13.0 Å². The van der Waals surface area contributed by atoms with E-state index in [9.17, 15) is 4.79 Å². The molecule has 1 amide bonds. The first-order chi connectivity index (χ1) is 10.1. The molecular weight excluding hydrogens is 290 g/mol. The van der Waals surface area contributed by atoms with E-state index in [0.29, 0.717) is 36.1 Å². The van der Waals surface area contributed by atoms with E-state index < -0.39 is 0 Å². The van der Waals surface area contributed by atoms with Crippen LogP contribution in [0, 0.1) is 0 Å². The van der Waals surface area contributed by atoms with Gasteiger partial charge in [-0.25, -0.2) is 0 Å². The molecule has 1 aromatic heterocycles. The fraction of sp³-hybridized carbons (Fsp3) is 0.333. The van der Waals surface area contributed by atoms with E-state index in [-0.39, 0.29) is 12.0 Å². The van der Waals surface area contributed by atoms with Crippen molar-refractivity contribution < 1.29 is 9.53 Å². The summed E-state index contributed by atoms with van der Waals surface area (Å²) in [7, 11) is 0. The number of nitrogens with zero attached hydrogens (tertiary/aromatic N) is 2. The van der Waals surface area contributed by atoms with E-state index in [1.54, 1.807) is 17.0 Å². The summed E-state index contributed by atoms with van der Waals surface area (Å²) in [6.07, 6.45) is 0.0636. The molecule has 0 aliphatic carbocycles. The van der Waals surface area contributed by atoms with Crippen LogP contribution in [0.1, 0.15) is 17.4 Å². The minimum Gasteiger partial charge on any atom is -0.375 e. The SMILES string of the molecule is CC1CN(C(=O)c2cc(-c3ccccc3Cl)n[nH]2)CCO1. The highest BCUT2D eigenvalue weighted by atomic mass is 35.5. The first kappa shape index (κ1) is 14.1. The molecule has 0 radical (unpaired) electrons. The summed E-state index contributed by atoms with van der Waals surface area (Å²) in [6, 6.07) is 9.17. The van der Waals surface area contributed by atoms with Gasteiger partial charge in [-0.1, -0.05) is 29.8 Å². The first-order valence-corrected chi connectivity index (χ1v) is 7.24. The molecule has 1 aliphatic heterocycles. The summed E-state index contributed by atoms with van der Waals surface area (Å²) in [5, 5.41) is 7.61. The van der Waals surface area contributed by atoms with Crippen molar-refractivity contribution in [2.24, 2.45) is 0 Å². The van der Waals surface area contributed by atoms with E-state index in [0.717, 1.165) is 5.56 Å². The molecule has 1 aliphatic rings. The third-order valence-corrected chi connectivity index (χ3v) is 3.82. The molecule has 2 aromatic rings. The zero-order valence-electron chi connectivity index (χ0n) is 11.7. The molecule has 0 saturated carbocycles. The smallest absolute Gasteiger partial charge is 0.272 e. The number of ether oxygens (including phenoxy) is 1. The molecule has 21 heavy (non-hydrogen) atoms. The van der Waals surface area contributed by atoms with Gasteiger partial charge in [-0.05, 0) is 19.1 Å². The number of rotatable bonds is 2. The molecule has 1 aromatic carbocycles. The van der Waals surface area contributed by atoms with Crippen molar-refractivity contribution in [3.05, 3.63) is 41.0 Å². The number of benzene rings is 1. The predicted molar refractivity (Wildman–Crippen MR) is 80.4 cm³/mol. The van der Waals surface area contributed by atoms with Gasteiger partial charge in [0.15, 0.2) is 0 Å². The van der Waals surface area contributed by atoms with Crippen molar-refractivity contribution in [2.75, 3.05) is 19.7 Å². The summed E-state index contributed by atoms with van der Waals surface area (Å²) in [4.78, 5) is 14.2. The largest absolute Gasteiger partial charge is 0.375 e. The third kappa shape index (κ3) is 2.94. The third-order valence-electron chi connectivity index (χ3n) is 3.49. The van der Waals surface area contributed by atoms with Gasteiger partial charge in [-0.15, -0.1) is 0 Å². The van der Waals surface area contributed by atoms with Gasteiger partial charge in [0.1, 0.15) is 5.69 Å². The minimum atomic E-state index is -0.0593. The van der Waals surface area contributed by atoms with Gasteiger partial charge in [0, 0.05) is 18.7 Å². The molecule has 1 fully saturated rings. The second-order valence-electron chi connectivity index (χ2n) is 5.08. The number of aromatic amines is 1. The average Bonchev–Trinajstić information content (AvgIpc) is 2.96. The van der Waals surface area contributed by atoms with E-state index in [1.165, 1.54) is 0 Å². The highest BCUT2D eigenvalue weighted by Gasteiger charge is 2.24. The number of morpholine rings is 1. The molecule has 1 atom stereocenters. The summed E-state index contributed by atoms with van der Waals surface area (Å²) < 4.78 is 5.45. The lowest BCUT2D eigenvalue weighted by atomic mass is 10.1. The van der Waals surface area contributed by atoms with E-state index in [2.05, 4.69) is 10.2 Å². The Kier molecular flexibility index (Phi) is 3.94. The van der Waals surface area contributed by atoms with Crippen molar-refractivity contribution in [1.82, 2.24) is 15.1 Å². The highest BCUT2D eigenvalue weighted by molar-refractivity contribution is 6.33. The molecule has 6 heteroatoms. The fourth-order valence-corrected chi connectivity index (χ4v) is 2.64. The Hall–Kier alpha value is -1.85. The average molecular weight is 306 g/mol. The van der Waals surface area contributed by atoms with Gasteiger partial charge in [-0.3, -0.25) is 9.89 Å². The number of halogens is 1. The van der Waals surface area contributed by atoms with Crippen molar-refractivity contribution >= 4 is 17.5 Å². The van der Waals surface area contributed by atoms with Gasteiger partial charge in [0.2, 0.25) is 0 Å². The van der Waals surface area contributed by atoms with Crippen LogP contribution in [0.3, 0.4) is 0 Å². The van der Waals surface area contributed by atoms with Crippen molar-refractivity contribution in [3.8, 4) is 11.3 Å². The zero-order chi connectivity index (χ0) is 14.8. The second-order valence-corrected chi connectivity index (χ2v) is 5.49. The summed E-state index contributed by atoms with van der Waals surface area (Å²) >= 11 is 6.15. The Bertz CT molecular complexity index is 656. The van der Waals surface area contributed by atoms with Crippen molar-refractivity contribution in [3.63, 3.8) is 0 Å². The molecular formula is C15H16ClN3O2. The predicted octanol–water partition coefficient (Wildman–Crippen LogP) is 2.59. The van der Waals surface area contributed by atoms with Crippen LogP contribution >= 0.6 is 11.6 Å². The Morgan fingerprint density at radius 1 is 1.48 bits per heavy atom. The Morgan fingerprint density at radius 3 is 3.05 bits per heavy atom. The molecule has 1 saturated heterocycles. The summed E-state index contributed by atoms with van der Waals surface area (Å²) in [5.41, 5.74) is 1.95. The van der Waals surface area contributed by atoms with Crippen LogP contribution in [-0.4, -0.2) is 46.8 Å². The van der Waals surface area contributed by atoms with Crippen LogP contribution in [0.15, 0.2) is 30.3 Å². The standard InChI is InChI=1S/C15H16ClN3O2/c1-10-9-19(6-7-21-10)15(20)14-8-13(17-18-14)11-4-2-3-5-12(11)16/h2-5,8,10H,6-7,9H2,1H3,(H,17,18). The Morgan fingerprint density at radius 2 is 2.29 bits per heavy atom. The molecule has 1 N–H and O–H groups in total. The lowest BCUT2D eigenvalue weighted by Gasteiger charge is -2.30. The number of hydrogen-bond acceptors (Lipinski definition) is 3. The summed E-state index contributed by atoms with van der Waals surface area (Å²) in [5.74, 6) is -0.0593. The van der Waals surface area contributed by atoms with Gasteiger partial charge in [0.25, 0.3) is 5.91 Å². The first-order valence-electron chi connectivity index (χ1n) is 6.86. The molecule has 3 rings (SSSR count). The second kappa shape index (κ2) is 5.87. The number of H-pyrrole nitrogens is 1. The lowest BCUT2D eigenvalue weighted by Crippen LogP contribution is -2.44. The van der Waals surface area contributed by atoms with Crippen LogP contribution in [0.5, 0.6) is 0 Å². The molecule has 0 spiro atoms. The molecule has 110 valence electrons. The van der Waals surface area contributed by atoms with Gasteiger partial charge >= 0.3 is 0 Å². The highest BCUT2D eigenvalue weighted by Crippen LogP contribution is 2.26. The number of carbonyl (C=O) groups is 1. The number of hydrogen-bond donors (Lipinski definition) is 1. The molecule has 1 unspecified atom stereocenters. The maximum atomic E-state index is 12.4. The quantitative estimate of drug-likeness (QED) is 0.928. The van der Waals surface area contributed by atoms with E-state index >= 15 is 0 Å². The maximum absolute atomic E-state index is 12.4. The van der Waals surface area contributed by atoms with Gasteiger partial charge in [0.05, 0.1) is 23.4 Å². The molecule has 2 heterocycles. The Balaban J connectivity index is 1.82. The summed E-state index contributed by atoms with van der Waals surface area (Å²) in [6.45, 7) is 3.73. The van der Waals surface area contributed by atoms with Gasteiger partial charge < -0.3 is 9.64 Å². The minimum absolute atomic E-state index is 0.0593. The number of aromatic nitrogens is 2. The van der Waals surface area contributed by atoms with Crippen molar-refractivity contribution in [1.29, 1.82) is 0 Å². The topological polar surface area (TPSA) is 58.2 Å². The maximum Gasteiger partial charge on any atom is 0.272 e. The van der Waals surface area contributed by atoms with Crippen LogP contribution in [0.2, 0.25) is 5.02 Å². The van der Waals surface area contributed by atoms with Crippen LogP contribution in [0.4, 0.5) is 0 Å².